The number of nitrogens with zero attached hydrogens (tertiary/aromatic N) is 1. The zero-order valence-corrected chi connectivity index (χ0v) is 19.4. The number of nitrogens with one attached hydrogen (secondary N) is 1. The second-order valence-corrected chi connectivity index (χ2v) is 10.3. The number of thioether (sulfide) groups is 1. The van der Waals surface area contributed by atoms with E-state index in [0.717, 1.165) is 14.8 Å². The number of carbonyl (C=O) groups excluding carboxylic acids is 1. The molecule has 0 aliphatic heterocycles. The van der Waals surface area contributed by atoms with Gasteiger partial charge in [0.1, 0.15) is 6.54 Å². The van der Waals surface area contributed by atoms with E-state index in [1.165, 1.54) is 24.3 Å². The van der Waals surface area contributed by atoms with Crippen molar-refractivity contribution in [1.29, 1.82) is 0 Å². The molecule has 0 radical (unpaired) electrons. The minimum absolute atomic E-state index is 0.0740. The molecular formula is C23H23ClN2O3S2. The fraction of sp³-hybridized carbons (Fsp3) is 0.174. The summed E-state index contributed by atoms with van der Waals surface area (Å²) in [7, 11) is -3.94. The third-order valence-corrected chi connectivity index (χ3v) is 7.50. The molecule has 0 saturated carbocycles. The molecule has 3 rings (SSSR count). The van der Waals surface area contributed by atoms with Gasteiger partial charge in [-0.1, -0.05) is 47.5 Å². The smallest absolute Gasteiger partial charge is 0.264 e. The topological polar surface area (TPSA) is 66.5 Å². The van der Waals surface area contributed by atoms with Crippen LogP contribution >= 0.6 is 23.4 Å². The zero-order valence-electron chi connectivity index (χ0n) is 17.0. The molecule has 31 heavy (non-hydrogen) atoms. The summed E-state index contributed by atoms with van der Waals surface area (Å²) in [6, 6.07) is 22.8. The highest BCUT2D eigenvalue weighted by molar-refractivity contribution is 7.99. The molecule has 0 bridgehead atoms. The number of anilines is 1. The first-order valence-corrected chi connectivity index (χ1v) is 12.5. The van der Waals surface area contributed by atoms with E-state index in [4.69, 9.17) is 11.6 Å². The van der Waals surface area contributed by atoms with Crippen LogP contribution in [-0.4, -0.2) is 33.2 Å². The average Bonchev–Trinajstić information content (AvgIpc) is 2.77. The Morgan fingerprint density at radius 3 is 2.26 bits per heavy atom. The van der Waals surface area contributed by atoms with Gasteiger partial charge >= 0.3 is 0 Å². The summed E-state index contributed by atoms with van der Waals surface area (Å²) < 4.78 is 27.7. The Kier molecular flexibility index (Phi) is 8.01. The van der Waals surface area contributed by atoms with Crippen LogP contribution in [0, 0.1) is 6.92 Å². The normalized spacial score (nSPS) is 11.2. The Bertz CT molecular complexity index is 1100. The standard InChI is InChI=1S/C23H23ClN2O3S2/c1-18-7-11-20(12-8-18)26(31(28,29)22-13-9-19(24)10-14-22)17-23(27)25-15-16-30-21-5-3-2-4-6-21/h2-14H,15-17H2,1H3,(H,25,27). The van der Waals surface area contributed by atoms with Gasteiger partial charge in [-0.25, -0.2) is 8.42 Å². The second kappa shape index (κ2) is 10.7. The van der Waals surface area contributed by atoms with Gasteiger partial charge in [-0.2, -0.15) is 0 Å². The van der Waals surface area contributed by atoms with E-state index in [9.17, 15) is 13.2 Å². The van der Waals surface area contributed by atoms with E-state index in [1.807, 2.05) is 49.4 Å². The molecule has 0 aromatic heterocycles. The fourth-order valence-corrected chi connectivity index (χ4v) is 5.16. The Balaban J connectivity index is 1.71. The number of sulfonamides is 1. The number of hydrogen-bond acceptors (Lipinski definition) is 4. The summed E-state index contributed by atoms with van der Waals surface area (Å²) in [6.45, 7) is 2.03. The van der Waals surface area contributed by atoms with Crippen LogP contribution in [0.4, 0.5) is 5.69 Å². The number of aryl methyl sites for hydroxylation is 1. The lowest BCUT2D eigenvalue weighted by Crippen LogP contribution is -2.41. The summed E-state index contributed by atoms with van der Waals surface area (Å²) >= 11 is 7.52. The Morgan fingerprint density at radius 2 is 1.61 bits per heavy atom. The molecule has 0 aliphatic carbocycles. The molecular weight excluding hydrogens is 452 g/mol. The maximum atomic E-state index is 13.3. The minimum Gasteiger partial charge on any atom is -0.354 e. The second-order valence-electron chi connectivity index (χ2n) is 6.81. The van der Waals surface area contributed by atoms with Crippen molar-refractivity contribution in [2.45, 2.75) is 16.7 Å². The van der Waals surface area contributed by atoms with Crippen LogP contribution in [-0.2, 0) is 14.8 Å². The first kappa shape index (κ1) is 23.2. The number of rotatable bonds is 9. The lowest BCUT2D eigenvalue weighted by Gasteiger charge is -2.24. The van der Waals surface area contributed by atoms with E-state index in [2.05, 4.69) is 5.32 Å². The van der Waals surface area contributed by atoms with Crippen LogP contribution in [0.15, 0.2) is 88.7 Å². The van der Waals surface area contributed by atoms with Gasteiger partial charge in [0.25, 0.3) is 10.0 Å². The molecule has 0 aliphatic rings. The van der Waals surface area contributed by atoms with Crippen LogP contribution in [0.2, 0.25) is 5.02 Å². The largest absolute Gasteiger partial charge is 0.354 e. The van der Waals surface area contributed by atoms with E-state index >= 15 is 0 Å². The fourth-order valence-electron chi connectivity index (χ4n) is 2.82. The van der Waals surface area contributed by atoms with Crippen molar-refractivity contribution in [3.05, 3.63) is 89.4 Å². The van der Waals surface area contributed by atoms with Crippen LogP contribution in [0.1, 0.15) is 5.56 Å². The van der Waals surface area contributed by atoms with Crippen LogP contribution in [0.5, 0.6) is 0 Å². The molecule has 3 aromatic rings. The molecule has 0 unspecified atom stereocenters. The highest BCUT2D eigenvalue weighted by Gasteiger charge is 2.27. The quantitative estimate of drug-likeness (QED) is 0.359. The molecule has 0 fully saturated rings. The highest BCUT2D eigenvalue weighted by Crippen LogP contribution is 2.25. The van der Waals surface area contributed by atoms with Gasteiger partial charge in [-0.05, 0) is 55.5 Å². The van der Waals surface area contributed by atoms with E-state index in [1.54, 1.807) is 23.9 Å². The highest BCUT2D eigenvalue weighted by atomic mass is 35.5. The molecule has 0 atom stereocenters. The molecule has 1 N–H and O–H groups in total. The van der Waals surface area contributed by atoms with Gasteiger partial charge in [0.15, 0.2) is 0 Å². The number of carbonyl (C=O) groups is 1. The lowest BCUT2D eigenvalue weighted by atomic mass is 10.2. The molecule has 5 nitrogen and oxygen atoms in total. The summed E-state index contributed by atoms with van der Waals surface area (Å²) in [6.07, 6.45) is 0. The SMILES string of the molecule is Cc1ccc(N(CC(=O)NCCSc2ccccc2)S(=O)(=O)c2ccc(Cl)cc2)cc1. The van der Waals surface area contributed by atoms with Crippen molar-refractivity contribution < 1.29 is 13.2 Å². The average molecular weight is 475 g/mol. The summed E-state index contributed by atoms with van der Waals surface area (Å²) in [5, 5.41) is 3.25. The molecule has 1 amide bonds. The van der Waals surface area contributed by atoms with E-state index in [0.29, 0.717) is 23.0 Å². The molecule has 3 aromatic carbocycles. The summed E-state index contributed by atoms with van der Waals surface area (Å²) in [5.74, 6) is 0.316. The maximum Gasteiger partial charge on any atom is 0.264 e. The van der Waals surface area contributed by atoms with Crippen molar-refractivity contribution in [2.75, 3.05) is 23.1 Å². The van der Waals surface area contributed by atoms with Gasteiger partial charge < -0.3 is 5.32 Å². The monoisotopic (exact) mass is 474 g/mol. The zero-order chi connectivity index (χ0) is 22.3. The first-order chi connectivity index (χ1) is 14.9. The summed E-state index contributed by atoms with van der Waals surface area (Å²) in [5.41, 5.74) is 1.42. The van der Waals surface area contributed by atoms with Gasteiger partial charge in [0, 0.05) is 22.2 Å². The van der Waals surface area contributed by atoms with Gasteiger partial charge in [-0.3, -0.25) is 9.10 Å². The molecule has 8 heteroatoms. The number of hydrogen-bond donors (Lipinski definition) is 1. The van der Waals surface area contributed by atoms with Crippen LogP contribution in [0.3, 0.4) is 0 Å². The molecule has 0 saturated heterocycles. The predicted octanol–water partition coefficient (Wildman–Crippen LogP) is 4.75. The number of halogens is 1. The van der Waals surface area contributed by atoms with Crippen molar-refractivity contribution in [3.63, 3.8) is 0 Å². The van der Waals surface area contributed by atoms with Crippen molar-refractivity contribution in [1.82, 2.24) is 5.32 Å². The predicted molar refractivity (Wildman–Crippen MR) is 127 cm³/mol. The first-order valence-electron chi connectivity index (χ1n) is 9.66. The van der Waals surface area contributed by atoms with E-state index in [-0.39, 0.29) is 17.3 Å². The molecule has 0 heterocycles. The molecule has 0 spiro atoms. The van der Waals surface area contributed by atoms with Crippen molar-refractivity contribution in [2.24, 2.45) is 0 Å². The third-order valence-electron chi connectivity index (χ3n) is 4.45. The van der Waals surface area contributed by atoms with Crippen LogP contribution in [0.25, 0.3) is 0 Å². The van der Waals surface area contributed by atoms with Gasteiger partial charge in [0.05, 0.1) is 10.6 Å². The molecule has 162 valence electrons. The summed E-state index contributed by atoms with van der Waals surface area (Å²) in [4.78, 5) is 13.8. The van der Waals surface area contributed by atoms with Crippen molar-refractivity contribution >= 4 is 45.0 Å². The lowest BCUT2D eigenvalue weighted by molar-refractivity contribution is -0.119. The third kappa shape index (κ3) is 6.50. The van der Waals surface area contributed by atoms with Crippen LogP contribution < -0.4 is 9.62 Å². The Hall–Kier alpha value is -2.48. The Morgan fingerprint density at radius 1 is 0.968 bits per heavy atom. The Labute approximate surface area is 192 Å². The minimum atomic E-state index is -3.94. The van der Waals surface area contributed by atoms with Crippen molar-refractivity contribution in [3.8, 4) is 0 Å². The number of amides is 1. The van der Waals surface area contributed by atoms with Gasteiger partial charge in [-0.15, -0.1) is 11.8 Å². The van der Waals surface area contributed by atoms with Gasteiger partial charge in [0.2, 0.25) is 5.91 Å². The van der Waals surface area contributed by atoms with E-state index < -0.39 is 10.0 Å². The maximum absolute atomic E-state index is 13.3. The number of benzene rings is 3.